The maximum absolute atomic E-state index is 10.4. The Kier molecular flexibility index (Phi) is 8.14. The van der Waals surface area contributed by atoms with Gasteiger partial charge in [0.25, 0.3) is 0 Å². The third kappa shape index (κ3) is 10.1. The van der Waals surface area contributed by atoms with Crippen LogP contribution in [0.2, 0.25) is 0 Å². The van der Waals surface area contributed by atoms with E-state index in [2.05, 4.69) is 10.4 Å². The van der Waals surface area contributed by atoms with E-state index in [1.54, 1.807) is 11.3 Å². The number of hydrogen-bond donors (Lipinski definition) is 0. The van der Waals surface area contributed by atoms with Gasteiger partial charge in [-0.05, 0) is 42.4 Å². The molecular weight excluding hydrogens is 308 g/mol. The zero-order chi connectivity index (χ0) is 15.6. The highest BCUT2D eigenvalue weighted by Gasteiger charge is 2.02. The lowest BCUT2D eigenvalue weighted by molar-refractivity contribution is -0.377. The number of aromatic nitrogens is 1. The van der Waals surface area contributed by atoms with E-state index in [4.69, 9.17) is 0 Å². The van der Waals surface area contributed by atoms with Crippen molar-refractivity contribution in [3.8, 4) is 0 Å². The first kappa shape index (κ1) is 17.8. The molecule has 2 heterocycles. The second kappa shape index (κ2) is 9.62. The van der Waals surface area contributed by atoms with Crippen molar-refractivity contribution >= 4 is 21.5 Å². The van der Waals surface area contributed by atoms with Crippen molar-refractivity contribution in [1.29, 1.82) is 0 Å². The van der Waals surface area contributed by atoms with Crippen LogP contribution >= 0.6 is 11.3 Å². The third-order valence-corrected chi connectivity index (χ3v) is 4.09. The van der Waals surface area contributed by atoms with Crippen LogP contribution in [0.5, 0.6) is 0 Å². The summed E-state index contributed by atoms with van der Waals surface area (Å²) < 4.78 is 31.1. The van der Waals surface area contributed by atoms with Gasteiger partial charge in [-0.1, -0.05) is 6.07 Å². The molecule has 0 atom stereocenters. The molecule has 5 nitrogen and oxygen atoms in total. The summed E-state index contributed by atoms with van der Waals surface area (Å²) >= 11 is 1.64. The van der Waals surface area contributed by atoms with Crippen LogP contribution in [0, 0.1) is 0 Å². The normalized spacial score (nSPS) is 11.0. The van der Waals surface area contributed by atoms with Crippen molar-refractivity contribution in [3.05, 3.63) is 53.0 Å². The average molecular weight is 328 g/mol. The van der Waals surface area contributed by atoms with Gasteiger partial charge in [-0.15, -0.1) is 0 Å². The molecule has 1 N–H and O–H groups in total. The second-order valence-electron chi connectivity index (χ2n) is 4.56. The average Bonchev–Trinajstić information content (AvgIpc) is 2.93. The Bertz CT molecular complexity index is 545. The first-order valence-electron chi connectivity index (χ1n) is 6.51. The zero-order valence-electron chi connectivity index (χ0n) is 11.9. The van der Waals surface area contributed by atoms with Crippen LogP contribution in [0.15, 0.2) is 47.4 Å². The van der Waals surface area contributed by atoms with Gasteiger partial charge in [0.1, 0.15) is 0 Å². The predicted octanol–water partition coefficient (Wildman–Crippen LogP) is 1.62. The molecule has 0 radical (unpaired) electrons. The topological polar surface area (TPSA) is 74.6 Å². The lowest BCUT2D eigenvalue weighted by Gasteiger charge is -2.16. The van der Waals surface area contributed by atoms with Crippen molar-refractivity contribution in [2.75, 3.05) is 19.3 Å². The third-order valence-electron chi connectivity index (χ3n) is 2.57. The Morgan fingerprint density at radius 2 is 2.00 bits per heavy atom. The SMILES string of the molecule is CN(CCCS(=O)(=O)[O-])Cc1ccsc1.c1cc[nH+]cc1. The molecule has 2 rings (SSSR count). The number of hydrogen-bond acceptors (Lipinski definition) is 5. The van der Waals surface area contributed by atoms with E-state index in [0.29, 0.717) is 13.0 Å². The Labute approximate surface area is 130 Å². The number of pyridine rings is 1. The Morgan fingerprint density at radius 1 is 1.29 bits per heavy atom. The molecule has 21 heavy (non-hydrogen) atoms. The number of nitrogens with one attached hydrogen (secondary N) is 1. The van der Waals surface area contributed by atoms with Crippen molar-refractivity contribution in [1.82, 2.24) is 4.90 Å². The van der Waals surface area contributed by atoms with Gasteiger partial charge in [0, 0.05) is 24.4 Å². The highest BCUT2D eigenvalue weighted by molar-refractivity contribution is 7.85. The van der Waals surface area contributed by atoms with E-state index < -0.39 is 10.1 Å². The monoisotopic (exact) mass is 328 g/mol. The quantitative estimate of drug-likeness (QED) is 0.755. The highest BCUT2D eigenvalue weighted by atomic mass is 32.2. The van der Waals surface area contributed by atoms with E-state index in [1.165, 1.54) is 5.56 Å². The maximum atomic E-state index is 10.4. The van der Waals surface area contributed by atoms with Crippen LogP contribution in [-0.4, -0.2) is 37.2 Å². The number of aromatic amines is 1. The lowest BCUT2D eigenvalue weighted by Crippen LogP contribution is -2.21. The largest absolute Gasteiger partial charge is 0.748 e. The molecule has 0 aliphatic carbocycles. The van der Waals surface area contributed by atoms with Crippen LogP contribution in [0.4, 0.5) is 0 Å². The maximum Gasteiger partial charge on any atom is 0.166 e. The molecule has 2 aromatic rings. The standard InChI is InChI=1S/C9H15NO3S2.C5H5N/c1-10(4-2-6-15(11,12)13)7-9-3-5-14-8-9;1-2-4-6-5-3-1/h3,5,8H,2,4,6-7H2,1H3,(H,11,12,13);1-5H. The molecular formula is C14H20N2O3S2. The number of thiophene rings is 1. The molecule has 0 spiro atoms. The smallest absolute Gasteiger partial charge is 0.166 e. The van der Waals surface area contributed by atoms with Gasteiger partial charge in [0.15, 0.2) is 12.4 Å². The summed E-state index contributed by atoms with van der Waals surface area (Å²) in [5.41, 5.74) is 1.22. The van der Waals surface area contributed by atoms with E-state index in [9.17, 15) is 13.0 Å². The Hall–Kier alpha value is -1.28. The molecule has 0 fully saturated rings. The molecule has 0 aliphatic rings. The van der Waals surface area contributed by atoms with Crippen molar-refractivity contribution in [3.63, 3.8) is 0 Å². The van der Waals surface area contributed by atoms with Gasteiger partial charge in [-0.25, -0.2) is 13.4 Å². The van der Waals surface area contributed by atoms with Crippen LogP contribution in [0.3, 0.4) is 0 Å². The Morgan fingerprint density at radius 3 is 2.43 bits per heavy atom. The predicted molar refractivity (Wildman–Crippen MR) is 82.8 cm³/mol. The number of H-pyrrole nitrogens is 1. The van der Waals surface area contributed by atoms with E-state index in [1.807, 2.05) is 54.0 Å². The Balaban J connectivity index is 0.000000304. The minimum atomic E-state index is -4.06. The van der Waals surface area contributed by atoms with E-state index in [0.717, 1.165) is 6.54 Å². The molecule has 0 amide bonds. The van der Waals surface area contributed by atoms with Crippen molar-refractivity contribution in [2.45, 2.75) is 13.0 Å². The van der Waals surface area contributed by atoms with Gasteiger partial charge in [0.2, 0.25) is 0 Å². The van der Waals surface area contributed by atoms with Crippen LogP contribution in [0.1, 0.15) is 12.0 Å². The number of rotatable bonds is 6. The van der Waals surface area contributed by atoms with E-state index >= 15 is 0 Å². The molecule has 0 saturated carbocycles. The molecule has 116 valence electrons. The summed E-state index contributed by atoms with van der Waals surface area (Å²) in [4.78, 5) is 4.90. The van der Waals surface area contributed by atoms with Gasteiger partial charge < -0.3 is 9.45 Å². The molecule has 0 bridgehead atoms. The summed E-state index contributed by atoms with van der Waals surface area (Å²) in [7, 11) is -2.14. The molecule has 0 unspecified atom stereocenters. The summed E-state index contributed by atoms with van der Waals surface area (Å²) in [6, 6.07) is 7.89. The van der Waals surface area contributed by atoms with Crippen LogP contribution < -0.4 is 4.98 Å². The van der Waals surface area contributed by atoms with Crippen molar-refractivity contribution in [2.24, 2.45) is 0 Å². The van der Waals surface area contributed by atoms with Crippen molar-refractivity contribution < 1.29 is 18.0 Å². The first-order valence-corrected chi connectivity index (χ1v) is 9.03. The second-order valence-corrected chi connectivity index (χ2v) is 6.87. The lowest BCUT2D eigenvalue weighted by atomic mass is 10.3. The number of nitrogens with zero attached hydrogens (tertiary/aromatic N) is 1. The molecule has 0 saturated heterocycles. The molecule has 0 aromatic carbocycles. The molecule has 2 aromatic heterocycles. The summed E-state index contributed by atoms with van der Waals surface area (Å²) in [6.45, 7) is 1.42. The van der Waals surface area contributed by atoms with Gasteiger partial charge in [-0.3, -0.25) is 0 Å². The fourth-order valence-electron chi connectivity index (χ4n) is 1.63. The fraction of sp³-hybridized carbons (Fsp3) is 0.357. The minimum absolute atomic E-state index is 0.277. The molecule has 0 aliphatic heterocycles. The summed E-state index contributed by atoms with van der Waals surface area (Å²) in [6.07, 6.45) is 4.15. The van der Waals surface area contributed by atoms with Crippen LogP contribution in [-0.2, 0) is 16.7 Å². The zero-order valence-corrected chi connectivity index (χ0v) is 13.6. The fourth-order valence-corrected chi connectivity index (χ4v) is 2.77. The minimum Gasteiger partial charge on any atom is -0.748 e. The van der Waals surface area contributed by atoms with Gasteiger partial charge >= 0.3 is 0 Å². The van der Waals surface area contributed by atoms with Crippen LogP contribution in [0.25, 0.3) is 0 Å². The van der Waals surface area contributed by atoms with E-state index in [-0.39, 0.29) is 5.75 Å². The highest BCUT2D eigenvalue weighted by Crippen LogP contribution is 2.08. The summed E-state index contributed by atoms with van der Waals surface area (Å²) in [5, 5.41) is 4.06. The van der Waals surface area contributed by atoms with Gasteiger partial charge in [0.05, 0.1) is 10.1 Å². The summed E-state index contributed by atoms with van der Waals surface area (Å²) in [5.74, 6) is -0.277. The van der Waals surface area contributed by atoms with Gasteiger partial charge in [-0.2, -0.15) is 11.3 Å². The first-order chi connectivity index (χ1) is 9.97. The molecule has 7 heteroatoms.